The first-order valence-electron chi connectivity index (χ1n) is 7.09. The first-order valence-corrected chi connectivity index (χ1v) is 7.09. The van der Waals surface area contributed by atoms with E-state index in [2.05, 4.69) is 25.7 Å². The summed E-state index contributed by atoms with van der Waals surface area (Å²) in [5.41, 5.74) is 6.01. The number of hydrogen-bond donors (Lipinski definition) is 1. The molecule has 0 heterocycles. The molecule has 3 heteroatoms. The average Bonchev–Trinajstić information content (AvgIpc) is 2.39. The molecule has 0 aromatic rings. The van der Waals surface area contributed by atoms with E-state index in [1.54, 1.807) is 7.11 Å². The number of nitrogens with two attached hydrogens (primary N) is 1. The molecule has 0 amide bonds. The summed E-state index contributed by atoms with van der Waals surface area (Å²) in [4.78, 5) is 2.58. The number of rotatable bonds is 6. The molecule has 0 radical (unpaired) electrons. The minimum Gasteiger partial charge on any atom is -0.380 e. The lowest BCUT2D eigenvalue weighted by Gasteiger charge is -2.48. The normalized spacial score (nSPS) is 23.6. The minimum atomic E-state index is -0.0362. The Kier molecular flexibility index (Phi) is 5.90. The molecule has 17 heavy (non-hydrogen) atoms. The summed E-state index contributed by atoms with van der Waals surface area (Å²) < 4.78 is 5.56. The highest BCUT2D eigenvalue weighted by Crippen LogP contribution is 2.30. The third-order valence-electron chi connectivity index (χ3n) is 4.65. The third-order valence-corrected chi connectivity index (χ3v) is 4.65. The molecular weight excluding hydrogens is 212 g/mol. The van der Waals surface area contributed by atoms with Gasteiger partial charge in [0.25, 0.3) is 0 Å². The van der Waals surface area contributed by atoms with Crippen LogP contribution in [0.1, 0.15) is 52.9 Å². The molecule has 0 saturated heterocycles. The Bertz CT molecular complexity index is 216. The van der Waals surface area contributed by atoms with Gasteiger partial charge in [0.2, 0.25) is 0 Å². The van der Waals surface area contributed by atoms with Gasteiger partial charge in [-0.2, -0.15) is 0 Å². The Morgan fingerprint density at radius 1 is 1.35 bits per heavy atom. The maximum absolute atomic E-state index is 6.04. The highest BCUT2D eigenvalue weighted by Gasteiger charge is 2.39. The van der Waals surface area contributed by atoms with Crippen molar-refractivity contribution >= 4 is 0 Å². The highest BCUT2D eigenvalue weighted by molar-refractivity contribution is 4.96. The van der Waals surface area contributed by atoms with E-state index in [1.165, 1.54) is 32.1 Å². The zero-order chi connectivity index (χ0) is 12.9. The molecule has 3 nitrogen and oxygen atoms in total. The Hall–Kier alpha value is -0.120. The summed E-state index contributed by atoms with van der Waals surface area (Å²) in [6.07, 6.45) is 6.94. The molecule has 0 aliphatic heterocycles. The molecule has 1 aliphatic rings. The van der Waals surface area contributed by atoms with Crippen molar-refractivity contribution in [1.82, 2.24) is 4.90 Å². The summed E-state index contributed by atoms with van der Waals surface area (Å²) >= 11 is 0. The predicted molar refractivity (Wildman–Crippen MR) is 73.2 cm³/mol. The van der Waals surface area contributed by atoms with Gasteiger partial charge in [0.1, 0.15) is 0 Å². The summed E-state index contributed by atoms with van der Waals surface area (Å²) in [6, 6.07) is 0.694. The summed E-state index contributed by atoms with van der Waals surface area (Å²) in [5.74, 6) is 0. The maximum atomic E-state index is 6.04. The molecule has 1 rings (SSSR count). The molecule has 2 unspecified atom stereocenters. The van der Waals surface area contributed by atoms with Gasteiger partial charge in [-0.05, 0) is 33.2 Å². The van der Waals surface area contributed by atoms with Crippen LogP contribution < -0.4 is 5.73 Å². The van der Waals surface area contributed by atoms with Crippen LogP contribution in [0.4, 0.5) is 0 Å². The standard InChI is InChI=1S/C14H30N2O/c1-5-16(13-9-7-6-8-10-13)14(3,11-15)12(2)17-4/h12-13H,5-11,15H2,1-4H3. The summed E-state index contributed by atoms with van der Waals surface area (Å²) in [5, 5.41) is 0. The fraction of sp³-hybridized carbons (Fsp3) is 1.00. The molecular formula is C14H30N2O. The third kappa shape index (κ3) is 3.21. The van der Waals surface area contributed by atoms with Crippen molar-refractivity contribution in [1.29, 1.82) is 0 Å². The van der Waals surface area contributed by atoms with Crippen LogP contribution in [0.3, 0.4) is 0 Å². The van der Waals surface area contributed by atoms with Crippen LogP contribution in [-0.4, -0.2) is 42.8 Å². The van der Waals surface area contributed by atoms with Crippen LogP contribution in [0.2, 0.25) is 0 Å². The van der Waals surface area contributed by atoms with Gasteiger partial charge in [-0.25, -0.2) is 0 Å². The van der Waals surface area contributed by atoms with E-state index in [1.807, 2.05) is 0 Å². The van der Waals surface area contributed by atoms with Crippen molar-refractivity contribution < 1.29 is 4.74 Å². The Balaban J connectivity index is 2.80. The van der Waals surface area contributed by atoms with Gasteiger partial charge in [0.05, 0.1) is 11.6 Å². The minimum absolute atomic E-state index is 0.0362. The van der Waals surface area contributed by atoms with Crippen molar-refractivity contribution in [2.75, 3.05) is 20.2 Å². The second-order valence-electron chi connectivity index (χ2n) is 5.52. The predicted octanol–water partition coefficient (Wildman–Crippen LogP) is 2.39. The number of methoxy groups -OCH3 is 1. The Morgan fingerprint density at radius 3 is 2.35 bits per heavy atom. The lowest BCUT2D eigenvalue weighted by atomic mass is 9.86. The van der Waals surface area contributed by atoms with Crippen LogP contribution in [0.15, 0.2) is 0 Å². The van der Waals surface area contributed by atoms with Gasteiger partial charge in [0, 0.05) is 19.7 Å². The zero-order valence-corrected chi connectivity index (χ0v) is 12.0. The molecule has 0 aromatic heterocycles. The number of hydrogen-bond acceptors (Lipinski definition) is 3. The SMILES string of the molecule is CCN(C1CCCCC1)C(C)(CN)C(C)OC. The van der Waals surface area contributed by atoms with E-state index in [9.17, 15) is 0 Å². The average molecular weight is 242 g/mol. The molecule has 1 fully saturated rings. The van der Waals surface area contributed by atoms with Gasteiger partial charge in [0.15, 0.2) is 0 Å². The lowest BCUT2D eigenvalue weighted by molar-refractivity contribution is -0.0549. The maximum Gasteiger partial charge on any atom is 0.0736 e. The van der Waals surface area contributed by atoms with E-state index in [0.29, 0.717) is 12.6 Å². The Morgan fingerprint density at radius 2 is 1.94 bits per heavy atom. The topological polar surface area (TPSA) is 38.5 Å². The molecule has 0 bridgehead atoms. The number of ether oxygens (including phenoxy) is 1. The molecule has 2 atom stereocenters. The van der Waals surface area contributed by atoms with E-state index < -0.39 is 0 Å². The van der Waals surface area contributed by atoms with Crippen molar-refractivity contribution in [3.8, 4) is 0 Å². The first-order chi connectivity index (χ1) is 8.10. The lowest BCUT2D eigenvalue weighted by Crippen LogP contribution is -2.62. The summed E-state index contributed by atoms with van der Waals surface area (Å²) in [6.45, 7) is 8.35. The van der Waals surface area contributed by atoms with Crippen molar-refractivity contribution in [3.05, 3.63) is 0 Å². The molecule has 1 saturated carbocycles. The first kappa shape index (κ1) is 14.9. The van der Waals surface area contributed by atoms with Gasteiger partial charge < -0.3 is 10.5 Å². The van der Waals surface area contributed by atoms with Crippen LogP contribution in [0.25, 0.3) is 0 Å². The number of likely N-dealkylation sites (N-methyl/N-ethyl adjacent to an activating group) is 1. The van der Waals surface area contributed by atoms with Crippen LogP contribution >= 0.6 is 0 Å². The summed E-state index contributed by atoms with van der Waals surface area (Å²) in [7, 11) is 1.79. The number of nitrogens with zero attached hydrogens (tertiary/aromatic N) is 1. The Labute approximate surface area is 107 Å². The second-order valence-corrected chi connectivity index (χ2v) is 5.52. The van der Waals surface area contributed by atoms with Crippen molar-refractivity contribution in [2.24, 2.45) is 5.73 Å². The molecule has 2 N–H and O–H groups in total. The highest BCUT2D eigenvalue weighted by atomic mass is 16.5. The van der Waals surface area contributed by atoms with E-state index in [0.717, 1.165) is 6.54 Å². The molecule has 0 aromatic carbocycles. The molecule has 1 aliphatic carbocycles. The van der Waals surface area contributed by atoms with Crippen molar-refractivity contribution in [3.63, 3.8) is 0 Å². The van der Waals surface area contributed by atoms with Crippen LogP contribution in [0, 0.1) is 0 Å². The quantitative estimate of drug-likeness (QED) is 0.777. The fourth-order valence-electron chi connectivity index (χ4n) is 3.20. The zero-order valence-electron chi connectivity index (χ0n) is 12.0. The fourth-order valence-corrected chi connectivity index (χ4v) is 3.20. The monoisotopic (exact) mass is 242 g/mol. The van der Waals surface area contributed by atoms with Gasteiger partial charge in [-0.3, -0.25) is 4.90 Å². The van der Waals surface area contributed by atoms with Crippen LogP contribution in [0.5, 0.6) is 0 Å². The van der Waals surface area contributed by atoms with Crippen molar-refractivity contribution in [2.45, 2.75) is 70.6 Å². The van der Waals surface area contributed by atoms with Gasteiger partial charge in [-0.15, -0.1) is 0 Å². The van der Waals surface area contributed by atoms with Gasteiger partial charge >= 0.3 is 0 Å². The second kappa shape index (κ2) is 6.72. The van der Waals surface area contributed by atoms with Crippen LogP contribution in [-0.2, 0) is 4.74 Å². The van der Waals surface area contributed by atoms with E-state index >= 15 is 0 Å². The van der Waals surface area contributed by atoms with E-state index in [-0.39, 0.29) is 11.6 Å². The largest absolute Gasteiger partial charge is 0.380 e. The van der Waals surface area contributed by atoms with Gasteiger partial charge in [-0.1, -0.05) is 26.2 Å². The molecule has 102 valence electrons. The van der Waals surface area contributed by atoms with E-state index in [4.69, 9.17) is 10.5 Å². The molecule has 0 spiro atoms. The smallest absolute Gasteiger partial charge is 0.0736 e.